The second-order valence-corrected chi connectivity index (χ2v) is 8.55. The average molecular weight is 463 g/mol. The van der Waals surface area contributed by atoms with E-state index in [1.165, 1.54) is 19.3 Å². The van der Waals surface area contributed by atoms with Crippen LogP contribution in [0.1, 0.15) is 24.8 Å². The molecule has 1 fully saturated rings. The zero-order valence-corrected chi connectivity index (χ0v) is 19.3. The predicted octanol–water partition coefficient (Wildman–Crippen LogP) is 3.10. The molecular weight excluding hydrogens is 432 g/mol. The van der Waals surface area contributed by atoms with Crippen LogP contribution in [0.2, 0.25) is 0 Å². The highest BCUT2D eigenvalue weighted by molar-refractivity contribution is 5.77. The van der Waals surface area contributed by atoms with Gasteiger partial charge in [0.1, 0.15) is 11.5 Å². The van der Waals surface area contributed by atoms with Crippen molar-refractivity contribution in [1.29, 1.82) is 0 Å². The summed E-state index contributed by atoms with van der Waals surface area (Å²) in [6.45, 7) is 5.46. The monoisotopic (exact) mass is 462 g/mol. The van der Waals surface area contributed by atoms with Gasteiger partial charge in [-0.05, 0) is 92.5 Å². The minimum absolute atomic E-state index is 0.0458. The van der Waals surface area contributed by atoms with Crippen LogP contribution >= 0.6 is 0 Å². The number of carbonyl (C=O) groups excluding carboxylic acids is 1. The molecule has 0 spiro atoms. The summed E-state index contributed by atoms with van der Waals surface area (Å²) >= 11 is 0. The first-order valence-electron chi connectivity index (χ1n) is 11.6. The molecule has 178 valence electrons. The number of likely N-dealkylation sites (tertiary alicyclic amines) is 1. The number of aromatic amines is 1. The summed E-state index contributed by atoms with van der Waals surface area (Å²) in [5.41, 5.74) is 2.91. The number of H-pyrrole nitrogens is 1. The second kappa shape index (κ2) is 11.0. The van der Waals surface area contributed by atoms with E-state index in [1.54, 1.807) is 43.3 Å². The van der Waals surface area contributed by atoms with Gasteiger partial charge >= 0.3 is 5.69 Å². The number of aromatic hydroxyl groups is 1. The summed E-state index contributed by atoms with van der Waals surface area (Å²) in [5, 5.41) is 12.7. The van der Waals surface area contributed by atoms with Gasteiger partial charge in [-0.2, -0.15) is 4.98 Å². The van der Waals surface area contributed by atoms with E-state index < -0.39 is 5.69 Å². The third kappa shape index (κ3) is 6.23. The van der Waals surface area contributed by atoms with Crippen LogP contribution in [0.4, 0.5) is 0 Å². The van der Waals surface area contributed by atoms with Crippen molar-refractivity contribution in [2.45, 2.75) is 26.2 Å². The van der Waals surface area contributed by atoms with Crippen molar-refractivity contribution in [2.24, 2.45) is 0 Å². The number of benzene rings is 2. The van der Waals surface area contributed by atoms with E-state index in [0.29, 0.717) is 29.2 Å². The molecule has 8 nitrogen and oxygen atoms in total. The van der Waals surface area contributed by atoms with Gasteiger partial charge in [-0.1, -0.05) is 6.42 Å². The number of rotatable bonds is 8. The van der Waals surface area contributed by atoms with Gasteiger partial charge in [0, 0.05) is 18.7 Å². The molecule has 34 heavy (non-hydrogen) atoms. The highest BCUT2D eigenvalue weighted by atomic mass is 16.5. The first-order chi connectivity index (χ1) is 16.5. The molecule has 1 aromatic heterocycles. The maximum atomic E-state index is 12.2. The lowest BCUT2D eigenvalue weighted by Crippen LogP contribution is -2.39. The number of ether oxygens (including phenoxy) is 1. The van der Waals surface area contributed by atoms with Crippen molar-refractivity contribution < 1.29 is 14.6 Å². The molecule has 3 aromatic rings. The van der Waals surface area contributed by atoms with Crippen LogP contribution in [-0.4, -0.2) is 58.7 Å². The van der Waals surface area contributed by atoms with Gasteiger partial charge < -0.3 is 25.0 Å². The van der Waals surface area contributed by atoms with E-state index in [9.17, 15) is 14.7 Å². The minimum atomic E-state index is -0.459. The summed E-state index contributed by atoms with van der Waals surface area (Å²) in [7, 11) is 0. The standard InChI is InChI=1S/C26H30N4O4/c1-18-15-20(7-10-24(18)31)23-16-22(28-26(33)29-23)19-5-8-21(9-6-19)34-17-25(32)27-11-14-30-12-3-2-4-13-30/h5-10,15-16,31H,2-4,11-14,17H2,1H3,(H,27,32)(H,28,29,33). The summed E-state index contributed by atoms with van der Waals surface area (Å²) < 4.78 is 5.61. The lowest BCUT2D eigenvalue weighted by molar-refractivity contribution is -0.123. The Labute approximate surface area is 198 Å². The molecule has 4 rings (SSSR count). The van der Waals surface area contributed by atoms with E-state index in [2.05, 4.69) is 20.2 Å². The van der Waals surface area contributed by atoms with Crippen molar-refractivity contribution in [3.05, 3.63) is 64.6 Å². The topological polar surface area (TPSA) is 108 Å². The van der Waals surface area contributed by atoms with Crippen molar-refractivity contribution >= 4 is 5.91 Å². The molecule has 2 heterocycles. The molecule has 1 aliphatic rings. The van der Waals surface area contributed by atoms with Crippen molar-refractivity contribution in [3.8, 4) is 34.0 Å². The number of aromatic nitrogens is 2. The maximum absolute atomic E-state index is 12.2. The minimum Gasteiger partial charge on any atom is -0.508 e. The van der Waals surface area contributed by atoms with Crippen LogP contribution in [0.3, 0.4) is 0 Å². The summed E-state index contributed by atoms with van der Waals surface area (Å²) in [5.74, 6) is 0.620. The highest BCUT2D eigenvalue weighted by Gasteiger charge is 2.11. The highest BCUT2D eigenvalue weighted by Crippen LogP contribution is 2.26. The van der Waals surface area contributed by atoms with Crippen molar-refractivity contribution in [1.82, 2.24) is 20.2 Å². The molecule has 8 heteroatoms. The Morgan fingerprint density at radius 3 is 2.56 bits per heavy atom. The second-order valence-electron chi connectivity index (χ2n) is 8.55. The van der Waals surface area contributed by atoms with Gasteiger partial charge in [-0.15, -0.1) is 0 Å². The molecule has 0 saturated carbocycles. The number of amides is 1. The Morgan fingerprint density at radius 1 is 1.09 bits per heavy atom. The Bertz CT molecular complexity index is 1180. The lowest BCUT2D eigenvalue weighted by Gasteiger charge is -2.26. The van der Waals surface area contributed by atoms with Crippen LogP contribution < -0.4 is 15.7 Å². The molecule has 0 aliphatic carbocycles. The van der Waals surface area contributed by atoms with E-state index >= 15 is 0 Å². The molecule has 3 N–H and O–H groups in total. The summed E-state index contributed by atoms with van der Waals surface area (Å²) in [4.78, 5) is 33.4. The quantitative estimate of drug-likeness (QED) is 0.475. The zero-order chi connectivity index (χ0) is 23.9. The van der Waals surface area contributed by atoms with Gasteiger partial charge in [-0.3, -0.25) is 4.79 Å². The zero-order valence-electron chi connectivity index (χ0n) is 19.3. The normalized spacial score (nSPS) is 14.0. The Morgan fingerprint density at radius 2 is 1.82 bits per heavy atom. The molecule has 0 bridgehead atoms. The Balaban J connectivity index is 1.34. The van der Waals surface area contributed by atoms with Crippen LogP contribution in [-0.2, 0) is 4.79 Å². The Hall–Kier alpha value is -3.65. The molecule has 0 unspecified atom stereocenters. The van der Waals surface area contributed by atoms with Gasteiger partial charge in [0.05, 0.1) is 11.4 Å². The predicted molar refractivity (Wildman–Crippen MR) is 131 cm³/mol. The number of phenolic OH excluding ortho intramolecular Hbond substituents is 1. The van der Waals surface area contributed by atoms with Crippen molar-refractivity contribution in [3.63, 3.8) is 0 Å². The lowest BCUT2D eigenvalue weighted by atomic mass is 10.1. The first kappa shape index (κ1) is 23.5. The van der Waals surface area contributed by atoms with Gasteiger partial charge in [-0.25, -0.2) is 4.79 Å². The molecule has 2 aromatic carbocycles. The summed E-state index contributed by atoms with van der Waals surface area (Å²) in [6.07, 6.45) is 3.77. The van der Waals surface area contributed by atoms with E-state index in [0.717, 1.165) is 30.8 Å². The number of phenols is 1. The number of hydrogen-bond acceptors (Lipinski definition) is 6. The first-order valence-corrected chi connectivity index (χ1v) is 11.6. The fraction of sp³-hybridized carbons (Fsp3) is 0.346. The number of aryl methyl sites for hydroxylation is 1. The number of hydrogen-bond donors (Lipinski definition) is 3. The Kier molecular flexibility index (Phi) is 7.59. The fourth-order valence-electron chi connectivity index (χ4n) is 4.04. The third-order valence-electron chi connectivity index (χ3n) is 5.97. The average Bonchev–Trinajstić information content (AvgIpc) is 2.85. The summed E-state index contributed by atoms with van der Waals surface area (Å²) in [6, 6.07) is 14.1. The molecular formula is C26H30N4O4. The maximum Gasteiger partial charge on any atom is 0.345 e. The van der Waals surface area contributed by atoms with E-state index in [4.69, 9.17) is 4.74 Å². The molecule has 0 radical (unpaired) electrons. The molecule has 0 atom stereocenters. The van der Waals surface area contributed by atoms with Crippen LogP contribution in [0.5, 0.6) is 11.5 Å². The number of carbonyl (C=O) groups is 1. The van der Waals surface area contributed by atoms with E-state index in [1.807, 2.05) is 12.1 Å². The third-order valence-corrected chi connectivity index (χ3v) is 5.97. The molecule has 1 saturated heterocycles. The molecule has 1 amide bonds. The number of piperidine rings is 1. The number of nitrogens with one attached hydrogen (secondary N) is 2. The fourth-order valence-corrected chi connectivity index (χ4v) is 4.04. The van der Waals surface area contributed by atoms with Crippen molar-refractivity contribution in [2.75, 3.05) is 32.8 Å². The van der Waals surface area contributed by atoms with Crippen LogP contribution in [0.15, 0.2) is 53.3 Å². The largest absolute Gasteiger partial charge is 0.508 e. The smallest absolute Gasteiger partial charge is 0.345 e. The van der Waals surface area contributed by atoms with Gasteiger partial charge in [0.2, 0.25) is 0 Å². The van der Waals surface area contributed by atoms with E-state index in [-0.39, 0.29) is 18.3 Å². The van der Waals surface area contributed by atoms with Gasteiger partial charge in [0.25, 0.3) is 5.91 Å². The van der Waals surface area contributed by atoms with Crippen LogP contribution in [0.25, 0.3) is 22.5 Å². The molecule has 1 aliphatic heterocycles. The van der Waals surface area contributed by atoms with Crippen LogP contribution in [0, 0.1) is 6.92 Å². The number of nitrogens with zero attached hydrogens (tertiary/aromatic N) is 2. The van der Waals surface area contributed by atoms with Gasteiger partial charge in [0.15, 0.2) is 6.61 Å². The SMILES string of the molecule is Cc1cc(-c2cc(-c3ccc(OCC(=O)NCCN4CCCCC4)cc3)[nH]c(=O)n2)ccc1O.